The maximum atomic E-state index is 13.4. The molecule has 1 rings (SSSR count). The standard InChI is InChI=1S/C14H15F5OS/c1-2-13(16,17)12(15)14(18,19)8-9-21-11(20)10-6-4-3-5-7-10/h3-7,12H,2,8-9H2,1H3. The molecule has 0 spiro atoms. The molecular weight excluding hydrogens is 311 g/mol. The van der Waals surface area contributed by atoms with Gasteiger partial charge in [-0.1, -0.05) is 49.0 Å². The van der Waals surface area contributed by atoms with Crippen molar-refractivity contribution in [2.24, 2.45) is 0 Å². The highest BCUT2D eigenvalue weighted by atomic mass is 32.2. The van der Waals surface area contributed by atoms with Crippen LogP contribution in [-0.2, 0) is 0 Å². The van der Waals surface area contributed by atoms with Crippen LogP contribution in [0.5, 0.6) is 0 Å². The van der Waals surface area contributed by atoms with Gasteiger partial charge in [-0.15, -0.1) is 0 Å². The number of halogens is 5. The molecular formula is C14H15F5OS. The van der Waals surface area contributed by atoms with Crippen molar-refractivity contribution in [2.75, 3.05) is 5.75 Å². The van der Waals surface area contributed by atoms with Gasteiger partial charge >= 0.3 is 0 Å². The Balaban J connectivity index is 2.53. The Bertz CT molecular complexity index is 464. The Hall–Kier alpha value is -1.11. The average molecular weight is 326 g/mol. The SMILES string of the molecule is CCC(F)(F)C(F)C(F)(F)CCSC(=O)c1ccccc1. The van der Waals surface area contributed by atoms with Gasteiger partial charge in [0.15, 0.2) is 0 Å². The fourth-order valence-electron chi connectivity index (χ4n) is 1.55. The molecule has 1 aromatic carbocycles. The largest absolute Gasteiger partial charge is 0.285 e. The smallest absolute Gasteiger partial charge is 0.282 e. The van der Waals surface area contributed by atoms with Crippen LogP contribution in [0.25, 0.3) is 0 Å². The van der Waals surface area contributed by atoms with Crippen LogP contribution in [-0.4, -0.2) is 28.9 Å². The van der Waals surface area contributed by atoms with Gasteiger partial charge in [0.1, 0.15) is 0 Å². The molecule has 0 aromatic heterocycles. The van der Waals surface area contributed by atoms with Crippen LogP contribution in [0.4, 0.5) is 22.0 Å². The van der Waals surface area contributed by atoms with Crippen molar-refractivity contribution in [3.63, 3.8) is 0 Å². The van der Waals surface area contributed by atoms with Gasteiger partial charge in [-0.3, -0.25) is 4.79 Å². The molecule has 7 heteroatoms. The van der Waals surface area contributed by atoms with E-state index < -0.39 is 41.7 Å². The highest BCUT2D eigenvalue weighted by Gasteiger charge is 2.54. The molecule has 1 aromatic rings. The van der Waals surface area contributed by atoms with E-state index in [9.17, 15) is 26.7 Å². The zero-order valence-corrected chi connectivity index (χ0v) is 12.1. The minimum absolute atomic E-state index is 0.321. The Morgan fingerprint density at radius 2 is 1.71 bits per heavy atom. The predicted octanol–water partition coefficient (Wildman–Crippen LogP) is 4.97. The summed E-state index contributed by atoms with van der Waals surface area (Å²) in [6.45, 7) is 0.941. The van der Waals surface area contributed by atoms with Crippen molar-refractivity contribution >= 4 is 16.9 Å². The van der Waals surface area contributed by atoms with E-state index in [1.165, 1.54) is 12.1 Å². The van der Waals surface area contributed by atoms with Gasteiger partial charge in [0.25, 0.3) is 11.8 Å². The summed E-state index contributed by atoms with van der Waals surface area (Å²) in [6.07, 6.45) is -5.66. The van der Waals surface area contributed by atoms with E-state index >= 15 is 0 Å². The monoisotopic (exact) mass is 326 g/mol. The van der Waals surface area contributed by atoms with E-state index in [-0.39, 0.29) is 0 Å². The number of rotatable bonds is 7. The Labute approximate surface area is 123 Å². The zero-order valence-electron chi connectivity index (χ0n) is 11.3. The summed E-state index contributed by atoms with van der Waals surface area (Å²) < 4.78 is 65.9. The third-order valence-corrected chi connectivity index (χ3v) is 3.80. The van der Waals surface area contributed by atoms with Crippen LogP contribution >= 0.6 is 11.8 Å². The number of hydrogen-bond acceptors (Lipinski definition) is 2. The molecule has 1 unspecified atom stereocenters. The number of hydrogen-bond donors (Lipinski definition) is 0. The number of thioether (sulfide) groups is 1. The van der Waals surface area contributed by atoms with Crippen LogP contribution in [0.15, 0.2) is 30.3 Å². The molecule has 0 radical (unpaired) electrons. The van der Waals surface area contributed by atoms with E-state index in [4.69, 9.17) is 0 Å². The van der Waals surface area contributed by atoms with Gasteiger partial charge in [-0.05, 0) is 0 Å². The Morgan fingerprint density at radius 1 is 1.14 bits per heavy atom. The summed E-state index contributed by atoms with van der Waals surface area (Å²) in [5.41, 5.74) is 0.321. The lowest BCUT2D eigenvalue weighted by Gasteiger charge is -2.26. The molecule has 118 valence electrons. The number of benzene rings is 1. The van der Waals surface area contributed by atoms with Crippen LogP contribution in [0.2, 0.25) is 0 Å². The van der Waals surface area contributed by atoms with Gasteiger partial charge in [0.2, 0.25) is 11.3 Å². The maximum Gasteiger partial charge on any atom is 0.285 e. The Morgan fingerprint density at radius 3 is 2.24 bits per heavy atom. The van der Waals surface area contributed by atoms with Crippen molar-refractivity contribution in [1.82, 2.24) is 0 Å². The quantitative estimate of drug-likeness (QED) is 0.658. The fourth-order valence-corrected chi connectivity index (χ4v) is 2.41. The lowest BCUT2D eigenvalue weighted by molar-refractivity contribution is -0.182. The molecule has 0 N–H and O–H groups in total. The highest BCUT2D eigenvalue weighted by Crippen LogP contribution is 2.38. The number of carbonyl (C=O) groups excluding carboxylic acids is 1. The van der Waals surface area contributed by atoms with Gasteiger partial charge in [0.05, 0.1) is 0 Å². The van der Waals surface area contributed by atoms with Crippen LogP contribution in [0.3, 0.4) is 0 Å². The van der Waals surface area contributed by atoms with E-state index in [0.717, 1.165) is 6.92 Å². The molecule has 0 heterocycles. The second-order valence-electron chi connectivity index (χ2n) is 4.49. The number of alkyl halides is 5. The van der Waals surface area contributed by atoms with Gasteiger partial charge < -0.3 is 0 Å². The first kappa shape index (κ1) is 17.9. The molecule has 0 amide bonds. The minimum atomic E-state index is -4.16. The molecule has 0 saturated carbocycles. The maximum absolute atomic E-state index is 13.4. The van der Waals surface area contributed by atoms with Crippen molar-refractivity contribution < 1.29 is 26.7 Å². The lowest BCUT2D eigenvalue weighted by atomic mass is 10.0. The van der Waals surface area contributed by atoms with E-state index in [2.05, 4.69) is 0 Å². The summed E-state index contributed by atoms with van der Waals surface area (Å²) in [5, 5.41) is -0.455. The average Bonchev–Trinajstić information content (AvgIpc) is 2.47. The normalized spacial score (nSPS) is 14.0. The fraction of sp³-hybridized carbons (Fsp3) is 0.500. The molecule has 0 aliphatic carbocycles. The lowest BCUT2D eigenvalue weighted by Crippen LogP contribution is -2.44. The first-order valence-electron chi connectivity index (χ1n) is 6.32. The van der Waals surface area contributed by atoms with Crippen molar-refractivity contribution in [1.29, 1.82) is 0 Å². The first-order chi connectivity index (χ1) is 9.70. The van der Waals surface area contributed by atoms with Crippen molar-refractivity contribution in [3.8, 4) is 0 Å². The van der Waals surface area contributed by atoms with E-state index in [1.807, 2.05) is 0 Å². The van der Waals surface area contributed by atoms with Crippen LogP contribution in [0, 0.1) is 0 Å². The second-order valence-corrected chi connectivity index (χ2v) is 5.56. The van der Waals surface area contributed by atoms with Gasteiger partial charge in [0, 0.05) is 24.2 Å². The molecule has 21 heavy (non-hydrogen) atoms. The van der Waals surface area contributed by atoms with Crippen LogP contribution in [0.1, 0.15) is 30.1 Å². The third kappa shape index (κ3) is 4.98. The zero-order chi connectivity index (χ0) is 16.1. The number of carbonyl (C=O) groups is 1. The molecule has 1 atom stereocenters. The van der Waals surface area contributed by atoms with Gasteiger partial charge in [-0.2, -0.15) is 0 Å². The summed E-state index contributed by atoms with van der Waals surface area (Å²) in [5.74, 6) is -8.66. The summed E-state index contributed by atoms with van der Waals surface area (Å²) in [6, 6.07) is 7.94. The van der Waals surface area contributed by atoms with Crippen molar-refractivity contribution in [2.45, 2.75) is 37.8 Å². The summed E-state index contributed by atoms with van der Waals surface area (Å²) in [4.78, 5) is 11.6. The highest BCUT2D eigenvalue weighted by molar-refractivity contribution is 8.14. The van der Waals surface area contributed by atoms with E-state index in [0.29, 0.717) is 17.3 Å². The molecule has 0 saturated heterocycles. The summed E-state index contributed by atoms with van der Waals surface area (Å²) >= 11 is 0.562. The molecule has 0 bridgehead atoms. The van der Waals surface area contributed by atoms with Crippen LogP contribution < -0.4 is 0 Å². The van der Waals surface area contributed by atoms with E-state index in [1.54, 1.807) is 18.2 Å². The second kappa shape index (κ2) is 7.24. The first-order valence-corrected chi connectivity index (χ1v) is 7.31. The topological polar surface area (TPSA) is 17.1 Å². The van der Waals surface area contributed by atoms with Gasteiger partial charge in [-0.25, -0.2) is 22.0 Å². The molecule has 1 nitrogen and oxygen atoms in total. The summed E-state index contributed by atoms with van der Waals surface area (Å²) in [7, 11) is 0. The Kier molecular flexibility index (Phi) is 6.19. The predicted molar refractivity (Wildman–Crippen MR) is 72.9 cm³/mol. The molecule has 0 fully saturated rings. The molecule has 0 aliphatic heterocycles. The minimum Gasteiger partial charge on any atom is -0.282 e. The van der Waals surface area contributed by atoms with Crippen molar-refractivity contribution in [3.05, 3.63) is 35.9 Å². The third-order valence-electron chi connectivity index (χ3n) is 2.89. The molecule has 0 aliphatic rings.